The van der Waals surface area contributed by atoms with Crippen molar-refractivity contribution in [2.75, 3.05) is 18.4 Å². The lowest BCUT2D eigenvalue weighted by Crippen LogP contribution is -2.24. The number of nitrogens with one attached hydrogen (secondary N) is 2. The van der Waals surface area contributed by atoms with E-state index in [1.165, 1.54) is 31.2 Å². The number of pyridine rings is 1. The van der Waals surface area contributed by atoms with Crippen LogP contribution in [-0.2, 0) is 0 Å². The molecule has 2 N–H and O–H groups in total. The Hall–Kier alpha value is -1.69. The molecule has 1 aromatic rings. The van der Waals surface area contributed by atoms with E-state index in [-0.39, 0.29) is 5.69 Å². The molecule has 1 saturated carbocycles. The number of hydrogen-bond donors (Lipinski definition) is 2. The molecule has 0 spiro atoms. The first-order valence-electron chi connectivity index (χ1n) is 5.33. The van der Waals surface area contributed by atoms with Crippen LogP contribution in [0.5, 0.6) is 0 Å². The standard InChI is InChI=1S/C10H14N4O2/c15-14(16)9-3-4-12-10(7-9)13-6-5-11-8-1-2-8/h3-4,7-8,11H,1-2,5-6H2,(H,12,13). The van der Waals surface area contributed by atoms with Gasteiger partial charge in [-0.25, -0.2) is 4.98 Å². The Balaban J connectivity index is 1.78. The third-order valence-electron chi connectivity index (χ3n) is 2.40. The summed E-state index contributed by atoms with van der Waals surface area (Å²) >= 11 is 0. The maximum absolute atomic E-state index is 10.5. The van der Waals surface area contributed by atoms with E-state index < -0.39 is 4.92 Å². The van der Waals surface area contributed by atoms with Gasteiger partial charge in [-0.1, -0.05) is 0 Å². The summed E-state index contributed by atoms with van der Waals surface area (Å²) in [4.78, 5) is 14.1. The highest BCUT2D eigenvalue weighted by Crippen LogP contribution is 2.18. The molecule has 1 aliphatic carbocycles. The summed E-state index contributed by atoms with van der Waals surface area (Å²) < 4.78 is 0. The molecule has 1 aliphatic rings. The molecule has 16 heavy (non-hydrogen) atoms. The van der Waals surface area contributed by atoms with Gasteiger partial charge in [0, 0.05) is 31.4 Å². The molecular weight excluding hydrogens is 208 g/mol. The van der Waals surface area contributed by atoms with Crippen molar-refractivity contribution in [3.8, 4) is 0 Å². The predicted octanol–water partition coefficient (Wildman–Crippen LogP) is 1.15. The van der Waals surface area contributed by atoms with Crippen molar-refractivity contribution >= 4 is 11.5 Å². The molecule has 0 amide bonds. The summed E-state index contributed by atoms with van der Waals surface area (Å²) in [6.07, 6.45) is 3.96. The average Bonchev–Trinajstić information content (AvgIpc) is 3.09. The molecule has 1 aromatic heterocycles. The van der Waals surface area contributed by atoms with E-state index in [9.17, 15) is 10.1 Å². The highest BCUT2D eigenvalue weighted by molar-refractivity contribution is 5.44. The van der Waals surface area contributed by atoms with Crippen molar-refractivity contribution in [1.29, 1.82) is 0 Å². The fourth-order valence-electron chi connectivity index (χ4n) is 1.38. The molecule has 2 rings (SSSR count). The Morgan fingerprint density at radius 2 is 2.31 bits per heavy atom. The molecule has 0 atom stereocenters. The summed E-state index contributed by atoms with van der Waals surface area (Å²) in [6, 6.07) is 3.50. The van der Waals surface area contributed by atoms with Crippen LogP contribution in [0.15, 0.2) is 18.3 Å². The first-order chi connectivity index (χ1) is 7.75. The van der Waals surface area contributed by atoms with Crippen LogP contribution in [0, 0.1) is 10.1 Å². The van der Waals surface area contributed by atoms with Gasteiger partial charge in [-0.05, 0) is 12.8 Å². The van der Waals surface area contributed by atoms with Crippen molar-refractivity contribution in [3.63, 3.8) is 0 Å². The van der Waals surface area contributed by atoms with Gasteiger partial charge < -0.3 is 10.6 Å². The Kier molecular flexibility index (Phi) is 3.31. The maximum atomic E-state index is 10.5. The van der Waals surface area contributed by atoms with E-state index in [4.69, 9.17) is 0 Å². The van der Waals surface area contributed by atoms with Crippen LogP contribution in [0.3, 0.4) is 0 Å². The summed E-state index contributed by atoms with van der Waals surface area (Å²) in [5, 5.41) is 16.9. The molecule has 0 saturated heterocycles. The van der Waals surface area contributed by atoms with Crippen LogP contribution in [0.1, 0.15) is 12.8 Å². The second-order valence-electron chi connectivity index (χ2n) is 3.81. The number of anilines is 1. The zero-order chi connectivity index (χ0) is 11.4. The molecule has 6 heteroatoms. The van der Waals surface area contributed by atoms with Crippen LogP contribution in [-0.4, -0.2) is 29.0 Å². The smallest absolute Gasteiger partial charge is 0.274 e. The second kappa shape index (κ2) is 4.89. The monoisotopic (exact) mass is 222 g/mol. The molecule has 1 heterocycles. The van der Waals surface area contributed by atoms with Gasteiger partial charge in [0.2, 0.25) is 0 Å². The Labute approximate surface area is 93.2 Å². The molecule has 1 fully saturated rings. The van der Waals surface area contributed by atoms with Gasteiger partial charge >= 0.3 is 0 Å². The molecule has 0 aromatic carbocycles. The van der Waals surface area contributed by atoms with Crippen molar-refractivity contribution in [1.82, 2.24) is 10.3 Å². The average molecular weight is 222 g/mol. The van der Waals surface area contributed by atoms with Crippen molar-refractivity contribution in [2.24, 2.45) is 0 Å². The van der Waals surface area contributed by atoms with Gasteiger partial charge in [0.15, 0.2) is 0 Å². The van der Waals surface area contributed by atoms with Gasteiger partial charge in [-0.3, -0.25) is 10.1 Å². The number of rotatable bonds is 6. The van der Waals surface area contributed by atoms with Gasteiger partial charge in [-0.2, -0.15) is 0 Å². The van der Waals surface area contributed by atoms with Gasteiger partial charge in [0.1, 0.15) is 5.82 Å². The van der Waals surface area contributed by atoms with Crippen molar-refractivity contribution < 1.29 is 4.92 Å². The van der Waals surface area contributed by atoms with Gasteiger partial charge in [0.05, 0.1) is 11.0 Å². The van der Waals surface area contributed by atoms with Crippen molar-refractivity contribution in [3.05, 3.63) is 28.4 Å². The predicted molar refractivity (Wildman–Crippen MR) is 60.4 cm³/mol. The normalized spacial score (nSPS) is 14.8. The molecule has 0 radical (unpaired) electrons. The summed E-state index contributed by atoms with van der Waals surface area (Å²) in [6.45, 7) is 1.58. The van der Waals surface area contributed by atoms with E-state index in [1.54, 1.807) is 0 Å². The summed E-state index contributed by atoms with van der Waals surface area (Å²) in [7, 11) is 0. The SMILES string of the molecule is O=[N+]([O-])c1ccnc(NCCNC2CC2)c1. The first-order valence-corrected chi connectivity index (χ1v) is 5.33. The Bertz CT molecular complexity index is 379. The van der Waals surface area contributed by atoms with E-state index >= 15 is 0 Å². The summed E-state index contributed by atoms with van der Waals surface area (Å²) in [5.41, 5.74) is 0.0626. The number of nitro groups is 1. The quantitative estimate of drug-likeness (QED) is 0.429. The van der Waals surface area contributed by atoms with E-state index in [0.29, 0.717) is 11.9 Å². The van der Waals surface area contributed by atoms with E-state index in [2.05, 4.69) is 15.6 Å². The minimum absolute atomic E-state index is 0.0626. The lowest BCUT2D eigenvalue weighted by atomic mass is 10.4. The zero-order valence-electron chi connectivity index (χ0n) is 8.85. The molecule has 6 nitrogen and oxygen atoms in total. The lowest BCUT2D eigenvalue weighted by Gasteiger charge is -2.05. The molecule has 0 bridgehead atoms. The lowest BCUT2D eigenvalue weighted by molar-refractivity contribution is -0.384. The molecule has 0 aliphatic heterocycles. The van der Waals surface area contributed by atoms with Gasteiger partial charge in [-0.15, -0.1) is 0 Å². The van der Waals surface area contributed by atoms with Crippen LogP contribution < -0.4 is 10.6 Å². The fourth-order valence-corrected chi connectivity index (χ4v) is 1.38. The Morgan fingerprint density at radius 3 is 3.00 bits per heavy atom. The minimum Gasteiger partial charge on any atom is -0.369 e. The van der Waals surface area contributed by atoms with Crippen LogP contribution in [0.25, 0.3) is 0 Å². The molecule has 0 unspecified atom stereocenters. The van der Waals surface area contributed by atoms with Crippen LogP contribution in [0.4, 0.5) is 11.5 Å². The highest BCUT2D eigenvalue weighted by Gasteiger charge is 2.19. The zero-order valence-corrected chi connectivity index (χ0v) is 8.85. The number of aromatic nitrogens is 1. The van der Waals surface area contributed by atoms with E-state index in [1.807, 2.05) is 0 Å². The first kappa shape index (κ1) is 10.8. The van der Waals surface area contributed by atoms with Crippen LogP contribution >= 0.6 is 0 Å². The third kappa shape index (κ3) is 3.16. The van der Waals surface area contributed by atoms with Crippen LogP contribution in [0.2, 0.25) is 0 Å². The minimum atomic E-state index is -0.421. The molecular formula is C10H14N4O2. The number of hydrogen-bond acceptors (Lipinski definition) is 5. The largest absolute Gasteiger partial charge is 0.369 e. The van der Waals surface area contributed by atoms with Gasteiger partial charge in [0.25, 0.3) is 5.69 Å². The summed E-state index contributed by atoms with van der Waals surface area (Å²) in [5.74, 6) is 0.548. The highest BCUT2D eigenvalue weighted by atomic mass is 16.6. The van der Waals surface area contributed by atoms with Crippen molar-refractivity contribution in [2.45, 2.75) is 18.9 Å². The molecule has 86 valence electrons. The maximum Gasteiger partial charge on any atom is 0.274 e. The Morgan fingerprint density at radius 1 is 1.50 bits per heavy atom. The number of nitrogens with zero attached hydrogens (tertiary/aromatic N) is 2. The topological polar surface area (TPSA) is 80.1 Å². The third-order valence-corrected chi connectivity index (χ3v) is 2.40. The second-order valence-corrected chi connectivity index (χ2v) is 3.81. The van der Waals surface area contributed by atoms with E-state index in [0.717, 1.165) is 13.1 Å². The fraction of sp³-hybridized carbons (Fsp3) is 0.500.